The summed E-state index contributed by atoms with van der Waals surface area (Å²) in [5.41, 5.74) is 1.39. The average molecular weight is 485 g/mol. The molecule has 1 aromatic heterocycles. The SMILES string of the molecule is Cc1ccc(S(=O)(=O)Cc2nnc(SCC(=O)Nc3cccc(Cl)c3Cl)n2C)cc1. The Hall–Kier alpha value is -2.07. The van der Waals surface area contributed by atoms with Gasteiger partial charge in [-0.25, -0.2) is 8.42 Å². The van der Waals surface area contributed by atoms with Gasteiger partial charge in [0.25, 0.3) is 0 Å². The molecule has 3 aromatic rings. The number of sulfone groups is 1. The zero-order chi connectivity index (χ0) is 21.9. The van der Waals surface area contributed by atoms with Crippen molar-refractivity contribution in [2.45, 2.75) is 22.7 Å². The number of rotatable bonds is 7. The monoisotopic (exact) mass is 484 g/mol. The molecule has 158 valence electrons. The molecule has 0 aliphatic rings. The summed E-state index contributed by atoms with van der Waals surface area (Å²) < 4.78 is 26.8. The molecule has 1 N–H and O–H groups in total. The maximum Gasteiger partial charge on any atom is 0.234 e. The molecule has 0 atom stereocenters. The highest BCUT2D eigenvalue weighted by Crippen LogP contribution is 2.29. The van der Waals surface area contributed by atoms with Gasteiger partial charge in [-0.15, -0.1) is 10.2 Å². The third-order valence-corrected chi connectivity index (χ3v) is 7.65. The molecule has 0 unspecified atom stereocenters. The zero-order valence-corrected chi connectivity index (χ0v) is 19.2. The summed E-state index contributed by atoms with van der Waals surface area (Å²) >= 11 is 13.1. The summed E-state index contributed by atoms with van der Waals surface area (Å²) in [6.07, 6.45) is 0. The number of carbonyl (C=O) groups excluding carboxylic acids is 1. The Morgan fingerprint density at radius 2 is 1.83 bits per heavy atom. The van der Waals surface area contributed by atoms with Gasteiger partial charge in [-0.05, 0) is 31.2 Å². The summed E-state index contributed by atoms with van der Waals surface area (Å²) in [5.74, 6) is -0.262. The van der Waals surface area contributed by atoms with Crippen LogP contribution >= 0.6 is 35.0 Å². The van der Waals surface area contributed by atoms with E-state index in [2.05, 4.69) is 15.5 Å². The normalized spacial score (nSPS) is 11.5. The van der Waals surface area contributed by atoms with Gasteiger partial charge in [-0.1, -0.05) is 58.7 Å². The number of hydrogen-bond donors (Lipinski definition) is 1. The first-order valence-electron chi connectivity index (χ1n) is 8.72. The van der Waals surface area contributed by atoms with Crippen molar-refractivity contribution in [2.75, 3.05) is 11.1 Å². The number of nitrogens with zero attached hydrogens (tertiary/aromatic N) is 3. The molecule has 1 amide bonds. The molecule has 0 saturated heterocycles. The summed E-state index contributed by atoms with van der Waals surface area (Å²) in [4.78, 5) is 12.4. The Morgan fingerprint density at radius 1 is 1.13 bits per heavy atom. The Bertz CT molecular complexity index is 1180. The van der Waals surface area contributed by atoms with Crippen LogP contribution in [0, 0.1) is 6.92 Å². The number of nitrogens with one attached hydrogen (secondary N) is 1. The van der Waals surface area contributed by atoms with Crippen LogP contribution < -0.4 is 5.32 Å². The lowest BCUT2D eigenvalue weighted by molar-refractivity contribution is -0.113. The van der Waals surface area contributed by atoms with Gasteiger partial charge in [0.2, 0.25) is 5.91 Å². The summed E-state index contributed by atoms with van der Waals surface area (Å²) in [5, 5.41) is 11.7. The third-order valence-electron chi connectivity index (χ3n) is 4.18. The number of benzene rings is 2. The molecule has 0 saturated carbocycles. The van der Waals surface area contributed by atoms with E-state index >= 15 is 0 Å². The molecule has 0 aliphatic carbocycles. The molecule has 2 aromatic carbocycles. The highest BCUT2D eigenvalue weighted by Gasteiger charge is 2.20. The molecule has 0 bridgehead atoms. The summed E-state index contributed by atoms with van der Waals surface area (Å²) in [6.45, 7) is 1.89. The number of amides is 1. The van der Waals surface area contributed by atoms with Crippen LogP contribution in [0.4, 0.5) is 5.69 Å². The molecule has 30 heavy (non-hydrogen) atoms. The minimum atomic E-state index is -3.56. The van der Waals surface area contributed by atoms with Gasteiger partial charge >= 0.3 is 0 Å². The van der Waals surface area contributed by atoms with Crippen LogP contribution in [-0.2, 0) is 27.4 Å². The van der Waals surface area contributed by atoms with Gasteiger partial charge < -0.3 is 9.88 Å². The van der Waals surface area contributed by atoms with Crippen LogP contribution in [0.3, 0.4) is 0 Å². The quantitative estimate of drug-likeness (QED) is 0.506. The van der Waals surface area contributed by atoms with E-state index in [1.165, 1.54) is 0 Å². The Morgan fingerprint density at radius 3 is 2.53 bits per heavy atom. The van der Waals surface area contributed by atoms with Crippen molar-refractivity contribution in [3.05, 3.63) is 63.9 Å². The highest BCUT2D eigenvalue weighted by atomic mass is 35.5. The second kappa shape index (κ2) is 9.38. The van der Waals surface area contributed by atoms with E-state index in [4.69, 9.17) is 23.2 Å². The van der Waals surface area contributed by atoms with E-state index < -0.39 is 9.84 Å². The van der Waals surface area contributed by atoms with Gasteiger partial charge in [-0.2, -0.15) is 0 Å². The molecule has 0 radical (unpaired) electrons. The van der Waals surface area contributed by atoms with Gasteiger partial charge in [-0.3, -0.25) is 4.79 Å². The fraction of sp³-hybridized carbons (Fsp3) is 0.211. The molecule has 0 fully saturated rings. The van der Waals surface area contributed by atoms with E-state index in [9.17, 15) is 13.2 Å². The van der Waals surface area contributed by atoms with Crippen LogP contribution in [-0.4, -0.2) is 34.8 Å². The molecule has 1 heterocycles. The van der Waals surface area contributed by atoms with Crippen LogP contribution in [0.25, 0.3) is 0 Å². The number of aryl methyl sites for hydroxylation is 1. The Labute approximate surface area is 188 Å². The smallest absolute Gasteiger partial charge is 0.234 e. The minimum Gasteiger partial charge on any atom is -0.324 e. The van der Waals surface area contributed by atoms with Crippen molar-refractivity contribution in [3.8, 4) is 0 Å². The van der Waals surface area contributed by atoms with Crippen LogP contribution in [0.5, 0.6) is 0 Å². The third kappa shape index (κ3) is 5.34. The lowest BCUT2D eigenvalue weighted by Gasteiger charge is -2.08. The Balaban J connectivity index is 1.64. The fourth-order valence-corrected chi connectivity index (χ4v) is 4.90. The Kier molecular flexibility index (Phi) is 7.07. The van der Waals surface area contributed by atoms with Crippen LogP contribution in [0.15, 0.2) is 52.5 Å². The van der Waals surface area contributed by atoms with Crippen molar-refractivity contribution in [1.29, 1.82) is 0 Å². The molecule has 0 aliphatic heterocycles. The largest absolute Gasteiger partial charge is 0.324 e. The molecule has 0 spiro atoms. The van der Waals surface area contributed by atoms with Crippen LogP contribution in [0.2, 0.25) is 10.0 Å². The first-order chi connectivity index (χ1) is 14.2. The standard InChI is InChI=1S/C19H18Cl2N4O3S2/c1-12-6-8-13(9-7-12)30(27,28)11-16-23-24-19(25(16)2)29-10-17(26)22-15-5-3-4-14(20)18(15)21/h3-9H,10-11H2,1-2H3,(H,22,26). The van der Waals surface area contributed by atoms with Gasteiger partial charge in [0.1, 0.15) is 11.6 Å². The predicted octanol–water partition coefficient (Wildman–Crippen LogP) is 4.14. The van der Waals surface area contributed by atoms with Gasteiger partial charge in [0, 0.05) is 7.05 Å². The second-order valence-corrected chi connectivity index (χ2v) is 10.2. The minimum absolute atomic E-state index is 0.0412. The van der Waals surface area contributed by atoms with E-state index in [-0.39, 0.29) is 33.2 Å². The number of carbonyl (C=O) groups is 1. The molecule has 7 nitrogen and oxygen atoms in total. The lowest BCUT2D eigenvalue weighted by Crippen LogP contribution is -2.15. The zero-order valence-electron chi connectivity index (χ0n) is 16.1. The first kappa shape index (κ1) is 22.6. The van der Waals surface area contributed by atoms with Crippen molar-refractivity contribution in [3.63, 3.8) is 0 Å². The van der Waals surface area contributed by atoms with Gasteiger partial charge in [0.15, 0.2) is 15.0 Å². The molecule has 3 rings (SSSR count). The predicted molar refractivity (Wildman–Crippen MR) is 119 cm³/mol. The van der Waals surface area contributed by atoms with E-state index in [0.717, 1.165) is 17.3 Å². The van der Waals surface area contributed by atoms with E-state index in [0.29, 0.717) is 15.9 Å². The summed E-state index contributed by atoms with van der Waals surface area (Å²) in [6, 6.07) is 11.6. The lowest BCUT2D eigenvalue weighted by atomic mass is 10.2. The topological polar surface area (TPSA) is 94.0 Å². The number of anilines is 1. The number of thioether (sulfide) groups is 1. The first-order valence-corrected chi connectivity index (χ1v) is 12.1. The van der Waals surface area contributed by atoms with Crippen molar-refractivity contribution >= 4 is 56.4 Å². The van der Waals surface area contributed by atoms with Crippen molar-refractivity contribution in [2.24, 2.45) is 7.05 Å². The fourth-order valence-electron chi connectivity index (χ4n) is 2.51. The maximum atomic E-state index is 12.6. The van der Waals surface area contributed by atoms with Gasteiger partial charge in [0.05, 0.1) is 26.4 Å². The molecular weight excluding hydrogens is 467 g/mol. The van der Waals surface area contributed by atoms with Crippen LogP contribution in [0.1, 0.15) is 11.4 Å². The molecule has 11 heteroatoms. The molecular formula is C19H18Cl2N4O3S2. The van der Waals surface area contributed by atoms with Crippen molar-refractivity contribution in [1.82, 2.24) is 14.8 Å². The average Bonchev–Trinajstić information content (AvgIpc) is 3.03. The highest BCUT2D eigenvalue weighted by molar-refractivity contribution is 7.99. The van der Waals surface area contributed by atoms with E-state index in [1.807, 2.05) is 6.92 Å². The number of hydrogen-bond acceptors (Lipinski definition) is 6. The van der Waals surface area contributed by atoms with Crippen molar-refractivity contribution < 1.29 is 13.2 Å². The second-order valence-electron chi connectivity index (χ2n) is 6.47. The maximum absolute atomic E-state index is 12.6. The van der Waals surface area contributed by atoms with E-state index in [1.54, 1.807) is 54.1 Å². The number of halogens is 2. The summed E-state index contributed by atoms with van der Waals surface area (Å²) in [7, 11) is -1.90. The number of aromatic nitrogens is 3.